The van der Waals surface area contributed by atoms with Gasteiger partial charge in [0, 0.05) is 23.9 Å². The minimum atomic E-state index is -0.0538. The molecule has 0 aliphatic carbocycles. The Kier molecular flexibility index (Phi) is 4.38. The van der Waals surface area contributed by atoms with Crippen molar-refractivity contribution in [3.8, 4) is 0 Å². The second-order valence-corrected chi connectivity index (χ2v) is 5.59. The third-order valence-electron chi connectivity index (χ3n) is 3.29. The molecule has 108 valence electrons. The van der Waals surface area contributed by atoms with E-state index in [1.165, 1.54) is 0 Å². The van der Waals surface area contributed by atoms with Crippen molar-refractivity contribution >= 4 is 28.8 Å². The Hall–Kier alpha value is -2.20. The Balaban J connectivity index is 2.34. The molecule has 2 N–H and O–H groups in total. The number of amides is 1. The minimum Gasteiger partial charge on any atom is -0.389 e. The first kappa shape index (κ1) is 15.2. The molecular formula is C17H18N2OS. The van der Waals surface area contributed by atoms with Gasteiger partial charge in [-0.3, -0.25) is 4.79 Å². The zero-order valence-electron chi connectivity index (χ0n) is 12.4. The van der Waals surface area contributed by atoms with Crippen LogP contribution in [0.1, 0.15) is 27.0 Å². The van der Waals surface area contributed by atoms with Crippen molar-refractivity contribution in [2.75, 3.05) is 11.9 Å². The van der Waals surface area contributed by atoms with Crippen LogP contribution in [0.4, 0.5) is 5.69 Å². The molecule has 0 aromatic heterocycles. The van der Waals surface area contributed by atoms with Gasteiger partial charge in [0.05, 0.1) is 0 Å². The summed E-state index contributed by atoms with van der Waals surface area (Å²) in [5, 5.41) is 0. The normalized spacial score (nSPS) is 10.2. The Labute approximate surface area is 130 Å². The Morgan fingerprint density at radius 1 is 1.05 bits per heavy atom. The second kappa shape index (κ2) is 6.06. The van der Waals surface area contributed by atoms with E-state index in [9.17, 15) is 4.79 Å². The lowest BCUT2D eigenvalue weighted by atomic mass is 10.1. The SMILES string of the molecule is Cc1cc(C)cc(C(=O)N(C)c2cccc(C(N)=S)c2)c1. The average molecular weight is 298 g/mol. The van der Waals surface area contributed by atoms with Gasteiger partial charge in [-0.15, -0.1) is 0 Å². The molecule has 3 nitrogen and oxygen atoms in total. The molecule has 1 amide bonds. The highest BCUT2D eigenvalue weighted by atomic mass is 32.1. The molecule has 21 heavy (non-hydrogen) atoms. The van der Waals surface area contributed by atoms with E-state index >= 15 is 0 Å². The second-order valence-electron chi connectivity index (χ2n) is 5.16. The molecular weight excluding hydrogens is 280 g/mol. The topological polar surface area (TPSA) is 46.3 Å². The zero-order valence-corrected chi connectivity index (χ0v) is 13.2. The van der Waals surface area contributed by atoms with Crippen molar-refractivity contribution in [2.45, 2.75) is 13.8 Å². The van der Waals surface area contributed by atoms with Gasteiger partial charge in [0.1, 0.15) is 4.99 Å². The molecule has 0 unspecified atom stereocenters. The first-order chi connectivity index (χ1) is 9.88. The van der Waals surface area contributed by atoms with Gasteiger partial charge in [-0.25, -0.2) is 0 Å². The Morgan fingerprint density at radius 3 is 2.24 bits per heavy atom. The van der Waals surface area contributed by atoms with E-state index in [1.54, 1.807) is 11.9 Å². The molecule has 0 spiro atoms. The highest BCUT2D eigenvalue weighted by molar-refractivity contribution is 7.80. The van der Waals surface area contributed by atoms with Gasteiger partial charge in [-0.05, 0) is 38.1 Å². The average Bonchev–Trinajstić information content (AvgIpc) is 2.44. The van der Waals surface area contributed by atoms with Crippen LogP contribution in [0.3, 0.4) is 0 Å². The predicted octanol–water partition coefficient (Wildman–Crippen LogP) is 3.21. The molecule has 4 heteroatoms. The lowest BCUT2D eigenvalue weighted by Crippen LogP contribution is -2.26. The zero-order chi connectivity index (χ0) is 15.6. The maximum atomic E-state index is 12.6. The molecule has 0 saturated carbocycles. The van der Waals surface area contributed by atoms with E-state index in [2.05, 4.69) is 0 Å². The van der Waals surface area contributed by atoms with E-state index in [0.29, 0.717) is 10.6 Å². The van der Waals surface area contributed by atoms with E-state index in [4.69, 9.17) is 18.0 Å². The van der Waals surface area contributed by atoms with Gasteiger partial charge in [-0.2, -0.15) is 0 Å². The number of anilines is 1. The van der Waals surface area contributed by atoms with Crippen molar-refractivity contribution in [3.05, 3.63) is 64.7 Å². The summed E-state index contributed by atoms with van der Waals surface area (Å²) in [7, 11) is 1.75. The largest absolute Gasteiger partial charge is 0.389 e. The van der Waals surface area contributed by atoms with Crippen LogP contribution in [0.5, 0.6) is 0 Å². The van der Waals surface area contributed by atoms with E-state index in [0.717, 1.165) is 22.4 Å². The number of nitrogens with zero attached hydrogens (tertiary/aromatic N) is 1. The lowest BCUT2D eigenvalue weighted by molar-refractivity contribution is 0.0993. The van der Waals surface area contributed by atoms with Crippen LogP contribution in [-0.4, -0.2) is 17.9 Å². The molecule has 2 rings (SSSR count). The molecule has 0 atom stereocenters. The molecule has 0 aliphatic heterocycles. The maximum Gasteiger partial charge on any atom is 0.258 e. The summed E-state index contributed by atoms with van der Waals surface area (Å²) in [6.45, 7) is 3.97. The lowest BCUT2D eigenvalue weighted by Gasteiger charge is -2.18. The summed E-state index contributed by atoms with van der Waals surface area (Å²) in [5.41, 5.74) is 9.98. The maximum absolute atomic E-state index is 12.6. The van der Waals surface area contributed by atoms with Gasteiger partial charge in [0.25, 0.3) is 5.91 Å². The van der Waals surface area contributed by atoms with Crippen LogP contribution in [-0.2, 0) is 0 Å². The smallest absolute Gasteiger partial charge is 0.258 e. The van der Waals surface area contributed by atoms with Gasteiger partial charge in [-0.1, -0.05) is 41.5 Å². The van der Waals surface area contributed by atoms with Crippen LogP contribution in [0.25, 0.3) is 0 Å². The number of carbonyl (C=O) groups is 1. The van der Waals surface area contributed by atoms with Crippen molar-refractivity contribution in [1.82, 2.24) is 0 Å². The number of hydrogen-bond acceptors (Lipinski definition) is 2. The van der Waals surface area contributed by atoms with Crippen LogP contribution in [0.2, 0.25) is 0 Å². The third kappa shape index (κ3) is 3.47. The first-order valence-corrected chi connectivity index (χ1v) is 7.05. The Morgan fingerprint density at radius 2 is 1.67 bits per heavy atom. The highest BCUT2D eigenvalue weighted by Crippen LogP contribution is 2.19. The van der Waals surface area contributed by atoms with E-state index in [-0.39, 0.29) is 5.91 Å². The molecule has 0 fully saturated rings. The number of rotatable bonds is 3. The summed E-state index contributed by atoms with van der Waals surface area (Å²) in [4.78, 5) is 14.5. The van der Waals surface area contributed by atoms with Crippen molar-refractivity contribution in [3.63, 3.8) is 0 Å². The summed E-state index contributed by atoms with van der Waals surface area (Å²) in [5.74, 6) is -0.0538. The van der Waals surface area contributed by atoms with Crippen molar-refractivity contribution < 1.29 is 4.79 Å². The molecule has 2 aromatic rings. The monoisotopic (exact) mass is 298 g/mol. The molecule has 0 bridgehead atoms. The molecule has 0 aliphatic rings. The summed E-state index contributed by atoms with van der Waals surface area (Å²) >= 11 is 4.98. The number of carbonyl (C=O) groups excluding carboxylic acids is 1. The van der Waals surface area contributed by atoms with Crippen molar-refractivity contribution in [1.29, 1.82) is 0 Å². The van der Waals surface area contributed by atoms with E-state index < -0.39 is 0 Å². The molecule has 0 saturated heterocycles. The van der Waals surface area contributed by atoms with Gasteiger partial charge < -0.3 is 10.6 Å². The fourth-order valence-electron chi connectivity index (χ4n) is 2.28. The molecule has 0 heterocycles. The molecule has 0 radical (unpaired) electrons. The van der Waals surface area contributed by atoms with Gasteiger partial charge in [0.2, 0.25) is 0 Å². The minimum absolute atomic E-state index is 0.0538. The van der Waals surface area contributed by atoms with Gasteiger partial charge in [0.15, 0.2) is 0 Å². The van der Waals surface area contributed by atoms with Crippen LogP contribution >= 0.6 is 12.2 Å². The Bertz CT molecular complexity index is 689. The highest BCUT2D eigenvalue weighted by Gasteiger charge is 2.14. The van der Waals surface area contributed by atoms with Crippen LogP contribution < -0.4 is 10.6 Å². The fraction of sp³-hybridized carbons (Fsp3) is 0.176. The summed E-state index contributed by atoms with van der Waals surface area (Å²) < 4.78 is 0. The van der Waals surface area contributed by atoms with Crippen LogP contribution in [0.15, 0.2) is 42.5 Å². The third-order valence-corrected chi connectivity index (χ3v) is 3.53. The standard InChI is InChI=1S/C17H18N2OS/c1-11-7-12(2)9-14(8-11)17(20)19(3)15-6-4-5-13(10-15)16(18)21/h4-10H,1-3H3,(H2,18,21). The number of nitrogens with two attached hydrogens (primary N) is 1. The van der Waals surface area contributed by atoms with Gasteiger partial charge >= 0.3 is 0 Å². The molecule has 2 aromatic carbocycles. The summed E-state index contributed by atoms with van der Waals surface area (Å²) in [6, 6.07) is 13.2. The number of benzene rings is 2. The van der Waals surface area contributed by atoms with E-state index in [1.807, 2.05) is 56.3 Å². The number of aryl methyl sites for hydroxylation is 2. The predicted molar refractivity (Wildman–Crippen MR) is 91.0 cm³/mol. The quantitative estimate of drug-likeness (QED) is 0.885. The summed E-state index contributed by atoms with van der Waals surface area (Å²) in [6.07, 6.45) is 0. The van der Waals surface area contributed by atoms with Crippen LogP contribution in [0, 0.1) is 13.8 Å². The fourth-order valence-corrected chi connectivity index (χ4v) is 2.40. The first-order valence-electron chi connectivity index (χ1n) is 6.64. The van der Waals surface area contributed by atoms with Crippen molar-refractivity contribution in [2.24, 2.45) is 5.73 Å². The number of hydrogen-bond donors (Lipinski definition) is 1. The number of thiocarbonyl (C=S) groups is 1.